The van der Waals surface area contributed by atoms with Gasteiger partial charge in [-0.3, -0.25) is 9.59 Å². The van der Waals surface area contributed by atoms with Gasteiger partial charge in [0.15, 0.2) is 0 Å². The van der Waals surface area contributed by atoms with Crippen molar-refractivity contribution in [3.63, 3.8) is 0 Å². The van der Waals surface area contributed by atoms with E-state index in [1.807, 2.05) is 6.07 Å². The van der Waals surface area contributed by atoms with Crippen molar-refractivity contribution in [1.29, 1.82) is 0 Å². The van der Waals surface area contributed by atoms with Crippen LogP contribution in [0.2, 0.25) is 0 Å². The number of hydrogen-bond acceptors (Lipinski definition) is 4. The zero-order chi connectivity index (χ0) is 17.5. The van der Waals surface area contributed by atoms with Gasteiger partial charge in [0.25, 0.3) is 5.91 Å². The Bertz CT molecular complexity index is 750. The smallest absolute Gasteiger partial charge is 0.253 e. The van der Waals surface area contributed by atoms with E-state index in [0.29, 0.717) is 25.1 Å². The summed E-state index contributed by atoms with van der Waals surface area (Å²) >= 11 is 0. The Morgan fingerprint density at radius 2 is 1.83 bits per heavy atom. The van der Waals surface area contributed by atoms with E-state index in [0.717, 1.165) is 6.26 Å². The number of amides is 2. The van der Waals surface area contributed by atoms with E-state index in [1.54, 1.807) is 29.2 Å². The fourth-order valence-electron chi connectivity index (χ4n) is 3.79. The number of fused-ring (bicyclic) bond motifs is 1. The molecule has 2 fully saturated rings. The molecule has 8 heteroatoms. The Balaban J connectivity index is 1.82. The molecule has 130 valence electrons. The second-order valence-corrected chi connectivity index (χ2v) is 8.25. The molecule has 1 N–H and O–H groups in total. The predicted molar refractivity (Wildman–Crippen MR) is 88.8 cm³/mol. The van der Waals surface area contributed by atoms with Crippen LogP contribution in [0.3, 0.4) is 0 Å². The number of nitrogens with one attached hydrogen (secondary N) is 1. The Morgan fingerprint density at radius 1 is 1.17 bits per heavy atom. The monoisotopic (exact) mass is 351 g/mol. The topological polar surface area (TPSA) is 86.8 Å². The molecule has 0 aliphatic carbocycles. The maximum Gasteiger partial charge on any atom is 0.253 e. The molecule has 0 spiro atoms. The first-order valence-electron chi connectivity index (χ1n) is 7.87. The summed E-state index contributed by atoms with van der Waals surface area (Å²) in [6, 6.07) is 7.91. The van der Waals surface area contributed by atoms with Crippen LogP contribution in [0, 0.1) is 5.92 Å². The van der Waals surface area contributed by atoms with Gasteiger partial charge >= 0.3 is 0 Å². The molecule has 7 nitrogen and oxygen atoms in total. The summed E-state index contributed by atoms with van der Waals surface area (Å²) in [6.45, 7) is 0.789. The number of likely N-dealkylation sites (tertiary alicyclic amines) is 1. The molecule has 0 radical (unpaired) electrons. The summed E-state index contributed by atoms with van der Waals surface area (Å²) in [6.07, 6.45) is 1.56. The van der Waals surface area contributed by atoms with Crippen LogP contribution in [0.4, 0.5) is 0 Å². The molecular weight excluding hydrogens is 330 g/mol. The first-order chi connectivity index (χ1) is 11.3. The van der Waals surface area contributed by atoms with E-state index in [4.69, 9.17) is 0 Å². The number of hydrogen-bond donors (Lipinski definition) is 1. The van der Waals surface area contributed by atoms with Crippen LogP contribution in [0.25, 0.3) is 0 Å². The van der Waals surface area contributed by atoms with E-state index >= 15 is 0 Å². The molecule has 2 aliphatic heterocycles. The minimum atomic E-state index is -3.54. The lowest BCUT2D eigenvalue weighted by molar-refractivity contribution is -0.124. The summed E-state index contributed by atoms with van der Waals surface area (Å²) in [4.78, 5) is 26.3. The second-order valence-electron chi connectivity index (χ2n) is 6.36. The van der Waals surface area contributed by atoms with Gasteiger partial charge in [-0.25, -0.2) is 8.42 Å². The molecule has 1 aromatic rings. The minimum absolute atomic E-state index is 0.0188. The lowest BCUT2D eigenvalue weighted by Crippen LogP contribution is -2.49. The van der Waals surface area contributed by atoms with Gasteiger partial charge in [0, 0.05) is 31.7 Å². The van der Waals surface area contributed by atoms with Crippen molar-refractivity contribution in [2.45, 2.75) is 18.5 Å². The number of likely N-dealkylation sites (N-methyl/N-ethyl adjacent to an activating group) is 1. The van der Waals surface area contributed by atoms with Crippen LogP contribution in [-0.4, -0.2) is 67.9 Å². The molecule has 2 amide bonds. The first-order valence-corrected chi connectivity index (χ1v) is 9.72. The SMILES string of the molecule is CNC(=O)[C@@H]1C[C@H]2CN(C(=O)c3ccccc3)C[C@H]2N1S(C)(=O)=O. The predicted octanol–water partition coefficient (Wildman–Crippen LogP) is -0.0929. The Kier molecular flexibility index (Phi) is 4.35. The van der Waals surface area contributed by atoms with Crippen molar-refractivity contribution in [3.8, 4) is 0 Å². The van der Waals surface area contributed by atoms with E-state index in [2.05, 4.69) is 5.32 Å². The summed E-state index contributed by atoms with van der Waals surface area (Å²) in [5.41, 5.74) is 0.589. The highest BCUT2D eigenvalue weighted by atomic mass is 32.2. The highest BCUT2D eigenvalue weighted by molar-refractivity contribution is 7.88. The molecule has 0 bridgehead atoms. The quantitative estimate of drug-likeness (QED) is 0.824. The molecule has 0 unspecified atom stereocenters. The molecular formula is C16H21N3O4S. The van der Waals surface area contributed by atoms with Crippen molar-refractivity contribution < 1.29 is 18.0 Å². The van der Waals surface area contributed by atoms with Crippen LogP contribution in [0.1, 0.15) is 16.8 Å². The van der Waals surface area contributed by atoms with Gasteiger partial charge in [0.05, 0.1) is 6.26 Å². The van der Waals surface area contributed by atoms with Gasteiger partial charge in [-0.05, 0) is 24.5 Å². The molecule has 2 aliphatic rings. The van der Waals surface area contributed by atoms with Crippen molar-refractivity contribution in [1.82, 2.24) is 14.5 Å². The van der Waals surface area contributed by atoms with Gasteiger partial charge < -0.3 is 10.2 Å². The summed E-state index contributed by atoms with van der Waals surface area (Å²) < 4.78 is 25.7. The van der Waals surface area contributed by atoms with Gasteiger partial charge in [-0.2, -0.15) is 4.31 Å². The third kappa shape index (κ3) is 2.91. The van der Waals surface area contributed by atoms with E-state index in [9.17, 15) is 18.0 Å². The van der Waals surface area contributed by atoms with Gasteiger partial charge in [-0.1, -0.05) is 18.2 Å². The third-order valence-corrected chi connectivity index (χ3v) is 6.10. The molecule has 2 saturated heterocycles. The number of nitrogens with zero attached hydrogens (tertiary/aromatic N) is 2. The van der Waals surface area contributed by atoms with Gasteiger partial charge in [0.1, 0.15) is 6.04 Å². The van der Waals surface area contributed by atoms with E-state index in [1.165, 1.54) is 11.4 Å². The third-order valence-electron chi connectivity index (χ3n) is 4.81. The number of carbonyl (C=O) groups is 2. The van der Waals surface area contributed by atoms with Crippen molar-refractivity contribution >= 4 is 21.8 Å². The Labute approximate surface area is 141 Å². The first kappa shape index (κ1) is 16.9. The molecule has 24 heavy (non-hydrogen) atoms. The number of benzene rings is 1. The molecule has 0 aromatic heterocycles. The van der Waals surface area contributed by atoms with Crippen LogP contribution >= 0.6 is 0 Å². The lowest BCUT2D eigenvalue weighted by atomic mass is 10.0. The molecule has 3 rings (SSSR count). The van der Waals surface area contributed by atoms with E-state index in [-0.39, 0.29) is 23.8 Å². The fraction of sp³-hybridized carbons (Fsp3) is 0.500. The fourth-order valence-corrected chi connectivity index (χ4v) is 5.17. The zero-order valence-corrected chi connectivity index (χ0v) is 14.5. The summed E-state index contributed by atoms with van der Waals surface area (Å²) in [7, 11) is -2.04. The van der Waals surface area contributed by atoms with Crippen molar-refractivity contribution in [2.24, 2.45) is 5.92 Å². The largest absolute Gasteiger partial charge is 0.358 e. The lowest BCUT2D eigenvalue weighted by Gasteiger charge is -2.27. The standard InChI is InChI=1S/C16H21N3O4S/c1-17-15(20)13-8-12-9-18(10-14(12)19(13)24(2,22)23)16(21)11-6-4-3-5-7-11/h3-7,12-14H,8-10H2,1-2H3,(H,17,20)/t12-,13-,14+/m0/s1. The maximum absolute atomic E-state index is 12.6. The summed E-state index contributed by atoms with van der Waals surface area (Å²) in [5, 5.41) is 2.53. The Hall–Kier alpha value is -1.93. The molecule has 3 atom stereocenters. The number of sulfonamides is 1. The van der Waals surface area contributed by atoms with Gasteiger partial charge in [0.2, 0.25) is 15.9 Å². The maximum atomic E-state index is 12.6. The molecule has 2 heterocycles. The normalized spacial score (nSPS) is 27.1. The van der Waals surface area contributed by atoms with Gasteiger partial charge in [-0.15, -0.1) is 0 Å². The zero-order valence-electron chi connectivity index (χ0n) is 13.7. The minimum Gasteiger partial charge on any atom is -0.358 e. The number of rotatable bonds is 3. The number of carbonyl (C=O) groups excluding carboxylic acids is 2. The average Bonchev–Trinajstić information content (AvgIpc) is 3.10. The highest BCUT2D eigenvalue weighted by Gasteiger charge is 2.53. The Morgan fingerprint density at radius 3 is 2.42 bits per heavy atom. The molecule has 0 saturated carbocycles. The van der Waals surface area contributed by atoms with E-state index < -0.39 is 16.1 Å². The van der Waals surface area contributed by atoms with Crippen LogP contribution in [0.15, 0.2) is 30.3 Å². The average molecular weight is 351 g/mol. The van der Waals surface area contributed by atoms with Crippen molar-refractivity contribution in [2.75, 3.05) is 26.4 Å². The van der Waals surface area contributed by atoms with Crippen LogP contribution < -0.4 is 5.32 Å². The molecule has 1 aromatic carbocycles. The van der Waals surface area contributed by atoms with Crippen LogP contribution in [-0.2, 0) is 14.8 Å². The van der Waals surface area contributed by atoms with Crippen LogP contribution in [0.5, 0.6) is 0 Å². The highest BCUT2D eigenvalue weighted by Crippen LogP contribution is 2.37. The van der Waals surface area contributed by atoms with Crippen molar-refractivity contribution in [3.05, 3.63) is 35.9 Å². The summed E-state index contributed by atoms with van der Waals surface area (Å²) in [5.74, 6) is -0.416. The second kappa shape index (κ2) is 6.18.